The largest absolute Gasteiger partial charge is 0.379 e. The van der Waals surface area contributed by atoms with Crippen molar-refractivity contribution in [2.45, 2.75) is 16.7 Å². The Balaban J connectivity index is 1.86. The van der Waals surface area contributed by atoms with Gasteiger partial charge in [0, 0.05) is 7.05 Å². The Labute approximate surface area is 173 Å². The van der Waals surface area contributed by atoms with Crippen molar-refractivity contribution in [3.8, 4) is 5.75 Å². The van der Waals surface area contributed by atoms with Gasteiger partial charge in [-0.2, -0.15) is 8.42 Å². The molecular formula is C20H17F2NO5S2. The predicted molar refractivity (Wildman–Crippen MR) is 107 cm³/mol. The van der Waals surface area contributed by atoms with E-state index in [2.05, 4.69) is 0 Å². The average molecular weight is 453 g/mol. The van der Waals surface area contributed by atoms with Gasteiger partial charge in [0.1, 0.15) is 27.2 Å². The van der Waals surface area contributed by atoms with E-state index in [0.29, 0.717) is 5.56 Å². The molecule has 0 aliphatic rings. The topological polar surface area (TPSA) is 80.8 Å². The third-order valence-electron chi connectivity index (χ3n) is 4.30. The van der Waals surface area contributed by atoms with Gasteiger partial charge in [-0.05, 0) is 61.0 Å². The summed E-state index contributed by atoms with van der Waals surface area (Å²) in [5.41, 5.74) is 0.466. The maximum Gasteiger partial charge on any atom is 0.339 e. The Kier molecular flexibility index (Phi) is 5.82. The lowest BCUT2D eigenvalue weighted by molar-refractivity contribution is 0.484. The van der Waals surface area contributed by atoms with Crippen molar-refractivity contribution in [2.24, 2.45) is 0 Å². The molecule has 0 fully saturated rings. The molecule has 0 aliphatic heterocycles. The standard InChI is InChI=1S/C20H17F2NO5S2/c1-14-7-8-15(21)13-20(14)30(26,27)28-17-11-9-16(10-12-17)23(2)29(24,25)19-6-4-3-5-18(19)22/h3-13H,1-2H3. The molecular weight excluding hydrogens is 436 g/mol. The first-order valence-electron chi connectivity index (χ1n) is 8.56. The minimum absolute atomic E-state index is 0.0981. The third kappa shape index (κ3) is 4.29. The van der Waals surface area contributed by atoms with Crippen LogP contribution in [0.4, 0.5) is 14.5 Å². The number of halogens is 2. The van der Waals surface area contributed by atoms with Gasteiger partial charge in [0.05, 0.1) is 5.69 Å². The fourth-order valence-electron chi connectivity index (χ4n) is 2.67. The number of nitrogens with zero attached hydrogens (tertiary/aromatic N) is 1. The van der Waals surface area contributed by atoms with Crippen LogP contribution < -0.4 is 8.49 Å². The molecule has 6 nitrogen and oxygen atoms in total. The van der Waals surface area contributed by atoms with Crippen LogP contribution in [0, 0.1) is 18.6 Å². The summed E-state index contributed by atoms with van der Waals surface area (Å²) in [5.74, 6) is -1.71. The van der Waals surface area contributed by atoms with Crippen LogP contribution in [0.3, 0.4) is 0 Å². The smallest absolute Gasteiger partial charge is 0.339 e. The maximum atomic E-state index is 13.9. The van der Waals surface area contributed by atoms with Crippen LogP contribution in [0.15, 0.2) is 76.5 Å². The highest BCUT2D eigenvalue weighted by Crippen LogP contribution is 2.27. The fraction of sp³-hybridized carbons (Fsp3) is 0.100. The van der Waals surface area contributed by atoms with Crippen LogP contribution in [0.5, 0.6) is 5.75 Å². The second-order valence-electron chi connectivity index (χ2n) is 6.34. The van der Waals surface area contributed by atoms with Crippen LogP contribution in [0.1, 0.15) is 5.56 Å². The normalized spacial score (nSPS) is 11.9. The van der Waals surface area contributed by atoms with Gasteiger partial charge in [0.15, 0.2) is 0 Å². The first-order chi connectivity index (χ1) is 14.0. The van der Waals surface area contributed by atoms with E-state index >= 15 is 0 Å². The molecule has 0 spiro atoms. The molecule has 0 bridgehead atoms. The van der Waals surface area contributed by atoms with Gasteiger partial charge in [-0.1, -0.05) is 18.2 Å². The predicted octanol–water partition coefficient (Wildman–Crippen LogP) is 3.87. The quantitative estimate of drug-likeness (QED) is 0.530. The van der Waals surface area contributed by atoms with Crippen molar-refractivity contribution in [3.63, 3.8) is 0 Å². The second-order valence-corrected chi connectivity index (χ2v) is 9.80. The van der Waals surface area contributed by atoms with E-state index in [0.717, 1.165) is 28.6 Å². The molecule has 3 rings (SSSR count). The summed E-state index contributed by atoms with van der Waals surface area (Å²) in [6, 6.07) is 13.4. The first kappa shape index (κ1) is 21.7. The molecule has 0 heterocycles. The molecule has 0 aliphatic carbocycles. The van der Waals surface area contributed by atoms with Gasteiger partial charge < -0.3 is 4.18 Å². The van der Waals surface area contributed by atoms with E-state index in [9.17, 15) is 25.6 Å². The number of benzene rings is 3. The van der Waals surface area contributed by atoms with Crippen LogP contribution >= 0.6 is 0 Å². The van der Waals surface area contributed by atoms with Crippen LogP contribution in [0.2, 0.25) is 0 Å². The van der Waals surface area contributed by atoms with Gasteiger partial charge in [-0.15, -0.1) is 0 Å². The number of hydrogen-bond acceptors (Lipinski definition) is 5. The summed E-state index contributed by atoms with van der Waals surface area (Å²) < 4.78 is 83.4. The SMILES string of the molecule is Cc1ccc(F)cc1S(=O)(=O)Oc1ccc(N(C)S(=O)(=O)c2ccccc2F)cc1. The fourth-order valence-corrected chi connectivity index (χ4v) is 5.10. The highest BCUT2D eigenvalue weighted by atomic mass is 32.2. The van der Waals surface area contributed by atoms with Crippen molar-refractivity contribution in [3.05, 3.63) is 83.9 Å². The van der Waals surface area contributed by atoms with Gasteiger partial charge in [0.25, 0.3) is 10.0 Å². The highest BCUT2D eigenvalue weighted by Gasteiger charge is 2.25. The molecule has 0 N–H and O–H groups in total. The molecule has 0 aromatic heterocycles. The van der Waals surface area contributed by atoms with Crippen molar-refractivity contribution in [1.29, 1.82) is 0 Å². The average Bonchev–Trinajstić information content (AvgIpc) is 2.69. The molecule has 0 amide bonds. The van der Waals surface area contributed by atoms with E-state index in [4.69, 9.17) is 4.18 Å². The second kappa shape index (κ2) is 8.04. The minimum Gasteiger partial charge on any atom is -0.379 e. The van der Waals surface area contributed by atoms with Crippen molar-refractivity contribution in [2.75, 3.05) is 11.4 Å². The molecule has 0 radical (unpaired) electrons. The van der Waals surface area contributed by atoms with Crippen molar-refractivity contribution in [1.82, 2.24) is 0 Å². The monoisotopic (exact) mass is 453 g/mol. The summed E-state index contributed by atoms with van der Waals surface area (Å²) >= 11 is 0. The van der Waals surface area contributed by atoms with Gasteiger partial charge >= 0.3 is 10.1 Å². The van der Waals surface area contributed by atoms with Crippen LogP contribution in [-0.2, 0) is 20.1 Å². The van der Waals surface area contributed by atoms with Gasteiger partial charge in [-0.25, -0.2) is 17.2 Å². The van der Waals surface area contributed by atoms with E-state index in [1.165, 1.54) is 56.4 Å². The molecule has 0 atom stereocenters. The Morgan fingerprint density at radius 1 is 0.833 bits per heavy atom. The van der Waals surface area contributed by atoms with Crippen molar-refractivity contribution < 1.29 is 29.8 Å². The summed E-state index contributed by atoms with van der Waals surface area (Å²) in [6.07, 6.45) is 0. The molecule has 3 aromatic carbocycles. The highest BCUT2D eigenvalue weighted by molar-refractivity contribution is 7.92. The molecule has 0 saturated heterocycles. The van der Waals surface area contributed by atoms with E-state index in [-0.39, 0.29) is 16.3 Å². The molecule has 3 aromatic rings. The van der Waals surface area contributed by atoms with Gasteiger partial charge in [0.2, 0.25) is 0 Å². The van der Waals surface area contributed by atoms with Crippen LogP contribution in [-0.4, -0.2) is 23.9 Å². The van der Waals surface area contributed by atoms with Crippen molar-refractivity contribution >= 4 is 25.8 Å². The summed E-state index contributed by atoms with van der Waals surface area (Å²) in [6.45, 7) is 1.50. The number of sulfonamides is 1. The summed E-state index contributed by atoms with van der Waals surface area (Å²) in [7, 11) is -7.22. The van der Waals surface area contributed by atoms with Gasteiger partial charge in [-0.3, -0.25) is 4.31 Å². The molecule has 30 heavy (non-hydrogen) atoms. The lowest BCUT2D eigenvalue weighted by Crippen LogP contribution is -2.27. The van der Waals surface area contributed by atoms with E-state index < -0.39 is 36.7 Å². The summed E-state index contributed by atoms with van der Waals surface area (Å²) in [5, 5.41) is 0. The maximum absolute atomic E-state index is 13.9. The zero-order chi connectivity index (χ0) is 22.1. The molecule has 158 valence electrons. The Morgan fingerprint density at radius 3 is 2.10 bits per heavy atom. The molecule has 10 heteroatoms. The Hall–Kier alpha value is -2.98. The number of aryl methyl sites for hydroxylation is 1. The zero-order valence-electron chi connectivity index (χ0n) is 15.9. The number of rotatable bonds is 6. The molecule has 0 unspecified atom stereocenters. The zero-order valence-corrected chi connectivity index (χ0v) is 17.5. The van der Waals surface area contributed by atoms with E-state index in [1.54, 1.807) is 0 Å². The van der Waals surface area contributed by atoms with Crippen LogP contribution in [0.25, 0.3) is 0 Å². The Bertz CT molecular complexity index is 1290. The lowest BCUT2D eigenvalue weighted by atomic mass is 10.2. The minimum atomic E-state index is -4.30. The molecule has 0 saturated carbocycles. The van der Waals surface area contributed by atoms with E-state index in [1.807, 2.05) is 0 Å². The Morgan fingerprint density at radius 2 is 1.47 bits per heavy atom. The third-order valence-corrected chi connectivity index (χ3v) is 7.51. The number of anilines is 1. The number of hydrogen-bond donors (Lipinski definition) is 0. The first-order valence-corrected chi connectivity index (χ1v) is 11.4. The lowest BCUT2D eigenvalue weighted by Gasteiger charge is -2.20. The summed E-state index contributed by atoms with van der Waals surface area (Å²) in [4.78, 5) is -0.803.